The predicted molar refractivity (Wildman–Crippen MR) is 58.0 cm³/mol. The first-order valence-electron chi connectivity index (χ1n) is 4.53. The van der Waals surface area contributed by atoms with Crippen LogP contribution in [-0.2, 0) is 6.42 Å². The summed E-state index contributed by atoms with van der Waals surface area (Å²) in [5.74, 6) is 0. The van der Waals surface area contributed by atoms with Gasteiger partial charge in [-0.3, -0.25) is 0 Å². The molecule has 61 valence electrons. The summed E-state index contributed by atoms with van der Waals surface area (Å²) in [5.41, 5.74) is 4.53. The first-order chi connectivity index (χ1) is 6.45. The Bertz CT molecular complexity index is 450. The molecule has 0 aromatic heterocycles. The molecule has 0 spiro atoms. The Kier molecular flexibility index (Phi) is 1.62. The van der Waals surface area contributed by atoms with Crippen molar-refractivity contribution in [3.8, 4) is 0 Å². The number of benzene rings is 1. The molecule has 0 atom stereocenters. The van der Waals surface area contributed by atoms with Crippen LogP contribution >= 0.6 is 0 Å². The molecule has 0 amide bonds. The second kappa shape index (κ2) is 2.81. The van der Waals surface area contributed by atoms with E-state index >= 15 is 0 Å². The molecule has 1 aliphatic heterocycles. The summed E-state index contributed by atoms with van der Waals surface area (Å²) in [6.45, 7) is 0. The number of fused-ring (bicyclic) bond motifs is 3. The number of allylic oxidation sites excluding steroid dienone is 3. The van der Waals surface area contributed by atoms with Crippen LogP contribution < -0.4 is 0 Å². The third-order valence-corrected chi connectivity index (χ3v) is 5.04. The van der Waals surface area contributed by atoms with Gasteiger partial charge in [0.25, 0.3) is 0 Å². The zero-order valence-electron chi connectivity index (χ0n) is 7.25. The van der Waals surface area contributed by atoms with Gasteiger partial charge in [-0.05, 0) is 0 Å². The predicted octanol–water partition coefficient (Wildman–Crippen LogP) is 2.03. The Morgan fingerprint density at radius 2 is 2.08 bits per heavy atom. The minimum absolute atomic E-state index is 0.0612. The van der Waals surface area contributed by atoms with E-state index in [1.165, 1.54) is 23.1 Å². The molecule has 0 saturated carbocycles. The molecular formula is C12H9Ge. The summed E-state index contributed by atoms with van der Waals surface area (Å²) in [4.78, 5) is 2.37. The molecule has 2 aliphatic rings. The van der Waals surface area contributed by atoms with Gasteiger partial charge in [-0.25, -0.2) is 0 Å². The van der Waals surface area contributed by atoms with Crippen molar-refractivity contribution in [2.24, 2.45) is 0 Å². The van der Waals surface area contributed by atoms with Crippen molar-refractivity contribution in [1.29, 1.82) is 0 Å². The zero-order valence-corrected chi connectivity index (χ0v) is 9.35. The molecule has 0 bridgehead atoms. The van der Waals surface area contributed by atoms with E-state index in [9.17, 15) is 0 Å². The maximum atomic E-state index is 2.37. The topological polar surface area (TPSA) is 0 Å². The average molecular weight is 226 g/mol. The van der Waals surface area contributed by atoms with Gasteiger partial charge < -0.3 is 0 Å². The van der Waals surface area contributed by atoms with Crippen molar-refractivity contribution in [3.05, 3.63) is 52.5 Å². The van der Waals surface area contributed by atoms with Gasteiger partial charge in [-0.1, -0.05) is 0 Å². The average Bonchev–Trinajstić information content (AvgIpc) is 2.56. The first-order valence-corrected chi connectivity index (χ1v) is 6.79. The van der Waals surface area contributed by atoms with Crippen LogP contribution in [-0.4, -0.2) is 19.3 Å². The van der Waals surface area contributed by atoms with Crippen LogP contribution in [0.3, 0.4) is 0 Å². The molecule has 1 aliphatic carbocycles. The van der Waals surface area contributed by atoms with Crippen molar-refractivity contribution in [2.75, 3.05) is 0 Å². The fourth-order valence-electron chi connectivity index (χ4n) is 2.00. The number of hydrogen-bond donors (Lipinski definition) is 0. The van der Waals surface area contributed by atoms with Gasteiger partial charge in [0.05, 0.1) is 0 Å². The Labute approximate surface area is 84.0 Å². The minimum atomic E-state index is 0.0612. The summed E-state index contributed by atoms with van der Waals surface area (Å²) in [5, 5.41) is 0. The second-order valence-electron chi connectivity index (χ2n) is 3.40. The summed E-state index contributed by atoms with van der Waals surface area (Å²) in [6, 6.07) is 8.79. The molecule has 0 fully saturated rings. The molecule has 0 nitrogen and oxygen atoms in total. The first kappa shape index (κ1) is 7.51. The van der Waals surface area contributed by atoms with E-state index in [1.54, 1.807) is 4.35 Å². The van der Waals surface area contributed by atoms with E-state index in [0.717, 1.165) is 0 Å². The molecular weight excluding hydrogens is 217 g/mol. The van der Waals surface area contributed by atoms with E-state index in [-0.39, 0.29) is 15.0 Å². The quantitative estimate of drug-likeness (QED) is 0.593. The number of hydrogen-bond acceptors (Lipinski definition) is 0. The standard InChI is InChI=1S/C12H9Ge/c1-2-5-10-9(4-1)8-12-11(10)6-3-7-13-12/h1-7H,8H2. The van der Waals surface area contributed by atoms with Gasteiger partial charge in [0, 0.05) is 0 Å². The van der Waals surface area contributed by atoms with E-state index in [1.807, 2.05) is 0 Å². The monoisotopic (exact) mass is 227 g/mol. The molecule has 1 heterocycles. The van der Waals surface area contributed by atoms with Crippen LogP contribution in [0.5, 0.6) is 0 Å². The Morgan fingerprint density at radius 1 is 1.15 bits per heavy atom. The van der Waals surface area contributed by atoms with E-state index in [0.29, 0.717) is 0 Å². The summed E-state index contributed by atoms with van der Waals surface area (Å²) in [6.07, 6.45) is 5.71. The molecule has 1 radical (unpaired) electrons. The SMILES string of the molecule is C1=[CH][Ge]=[C]2Cc3ccccc3C2=C1. The Hall–Kier alpha value is -0.887. The van der Waals surface area contributed by atoms with Gasteiger partial charge in [0.2, 0.25) is 0 Å². The third-order valence-electron chi connectivity index (χ3n) is 2.62. The molecule has 0 N–H and O–H groups in total. The van der Waals surface area contributed by atoms with Crippen molar-refractivity contribution < 1.29 is 0 Å². The van der Waals surface area contributed by atoms with Crippen molar-refractivity contribution in [1.82, 2.24) is 0 Å². The van der Waals surface area contributed by atoms with Crippen LogP contribution in [0.1, 0.15) is 11.1 Å². The van der Waals surface area contributed by atoms with E-state index in [2.05, 4.69) is 41.3 Å². The van der Waals surface area contributed by atoms with Gasteiger partial charge in [0.15, 0.2) is 0 Å². The summed E-state index contributed by atoms with van der Waals surface area (Å²) >= 11 is 0.0612. The van der Waals surface area contributed by atoms with Crippen LogP contribution in [0.2, 0.25) is 0 Å². The van der Waals surface area contributed by atoms with Gasteiger partial charge >= 0.3 is 83.8 Å². The van der Waals surface area contributed by atoms with Crippen LogP contribution in [0.4, 0.5) is 0 Å². The molecule has 0 unspecified atom stereocenters. The molecule has 0 saturated heterocycles. The zero-order chi connectivity index (χ0) is 8.67. The third kappa shape index (κ3) is 1.09. The van der Waals surface area contributed by atoms with Crippen LogP contribution in [0, 0.1) is 0 Å². The van der Waals surface area contributed by atoms with Gasteiger partial charge in [-0.2, -0.15) is 0 Å². The fourth-order valence-corrected chi connectivity index (χ4v) is 4.22. The molecule has 3 rings (SSSR count). The van der Waals surface area contributed by atoms with Crippen molar-refractivity contribution in [2.45, 2.75) is 6.42 Å². The molecule has 1 aromatic carbocycles. The van der Waals surface area contributed by atoms with Crippen LogP contribution in [0.25, 0.3) is 5.57 Å². The number of rotatable bonds is 0. The Balaban J connectivity index is 2.27. The van der Waals surface area contributed by atoms with Gasteiger partial charge in [-0.15, -0.1) is 0 Å². The van der Waals surface area contributed by atoms with Crippen LogP contribution in [0.15, 0.2) is 41.3 Å². The normalized spacial score (nSPS) is 17.5. The maximum absolute atomic E-state index is 2.37. The Morgan fingerprint density at radius 3 is 3.08 bits per heavy atom. The second-order valence-corrected chi connectivity index (χ2v) is 5.97. The van der Waals surface area contributed by atoms with Gasteiger partial charge in [0.1, 0.15) is 0 Å². The van der Waals surface area contributed by atoms with E-state index < -0.39 is 0 Å². The molecule has 13 heavy (non-hydrogen) atoms. The summed E-state index contributed by atoms with van der Waals surface area (Å²) in [7, 11) is 0. The fraction of sp³-hybridized carbons (Fsp3) is 0.0833. The molecule has 1 heteroatoms. The van der Waals surface area contributed by atoms with Crippen molar-refractivity contribution >= 4 is 24.9 Å². The molecule has 1 aromatic rings. The van der Waals surface area contributed by atoms with Crippen molar-refractivity contribution in [3.63, 3.8) is 0 Å². The summed E-state index contributed by atoms with van der Waals surface area (Å²) < 4.78 is 1.71. The van der Waals surface area contributed by atoms with E-state index in [4.69, 9.17) is 0 Å².